The molecule has 0 bridgehead atoms. The van der Waals surface area contributed by atoms with Gasteiger partial charge in [0, 0.05) is 37.4 Å². The van der Waals surface area contributed by atoms with Crippen molar-refractivity contribution in [3.8, 4) is 0 Å². The fraction of sp³-hybridized carbons (Fsp3) is 0.625. The summed E-state index contributed by atoms with van der Waals surface area (Å²) in [4.78, 5) is 19.1. The molecule has 6 nitrogen and oxygen atoms in total. The predicted molar refractivity (Wildman–Crippen MR) is 89.5 cm³/mol. The summed E-state index contributed by atoms with van der Waals surface area (Å²) in [5, 5.41) is 11.3. The van der Waals surface area contributed by atoms with Crippen LogP contribution in [0.25, 0.3) is 0 Å². The Morgan fingerprint density at radius 2 is 2.30 bits per heavy atom. The highest BCUT2D eigenvalue weighted by molar-refractivity contribution is 7.09. The summed E-state index contributed by atoms with van der Waals surface area (Å²) in [6, 6.07) is 0. The minimum absolute atomic E-state index is 0.164. The zero-order chi connectivity index (χ0) is 16.4. The number of amides is 1. The fourth-order valence-corrected chi connectivity index (χ4v) is 3.85. The minimum atomic E-state index is 0.164. The zero-order valence-corrected chi connectivity index (χ0v) is 14.7. The Bertz CT molecular complexity index is 678. The van der Waals surface area contributed by atoms with E-state index in [1.165, 1.54) is 0 Å². The van der Waals surface area contributed by atoms with Gasteiger partial charge in [-0.1, -0.05) is 13.8 Å². The normalized spacial score (nSPS) is 18.6. The Hall–Kier alpha value is -1.76. The average Bonchev–Trinajstić information content (AvgIpc) is 3.16. The van der Waals surface area contributed by atoms with E-state index in [4.69, 9.17) is 0 Å². The molecule has 0 saturated carbocycles. The molecule has 0 spiro atoms. The predicted octanol–water partition coefficient (Wildman–Crippen LogP) is 2.34. The van der Waals surface area contributed by atoms with Crippen molar-refractivity contribution in [2.75, 3.05) is 13.1 Å². The van der Waals surface area contributed by atoms with Gasteiger partial charge >= 0.3 is 0 Å². The number of carbonyl (C=O) groups is 1. The molecule has 0 N–H and O–H groups in total. The Labute approximate surface area is 140 Å². The van der Waals surface area contributed by atoms with Crippen molar-refractivity contribution in [2.45, 2.75) is 44.9 Å². The second kappa shape index (κ2) is 6.78. The summed E-state index contributed by atoms with van der Waals surface area (Å²) in [7, 11) is 1.96. The van der Waals surface area contributed by atoms with Crippen LogP contribution in [0.15, 0.2) is 11.7 Å². The maximum atomic E-state index is 12.6. The summed E-state index contributed by atoms with van der Waals surface area (Å²) in [5.41, 5.74) is 0.893. The van der Waals surface area contributed by atoms with Crippen LogP contribution >= 0.6 is 11.3 Å². The molecule has 124 valence electrons. The number of carbonyl (C=O) groups excluding carboxylic acids is 1. The molecule has 1 fully saturated rings. The number of aryl methyl sites for hydroxylation is 1. The molecule has 23 heavy (non-hydrogen) atoms. The summed E-state index contributed by atoms with van der Waals surface area (Å²) >= 11 is 1.64. The van der Waals surface area contributed by atoms with Crippen LogP contribution in [0, 0.1) is 0 Å². The summed E-state index contributed by atoms with van der Waals surface area (Å²) in [6.45, 7) is 5.81. The smallest absolute Gasteiger partial charge is 0.228 e. The number of likely N-dealkylation sites (tertiary alicyclic amines) is 1. The van der Waals surface area contributed by atoms with E-state index in [1.807, 2.05) is 21.9 Å². The molecule has 0 aromatic carbocycles. The van der Waals surface area contributed by atoms with Gasteiger partial charge < -0.3 is 9.47 Å². The zero-order valence-electron chi connectivity index (χ0n) is 13.9. The molecule has 1 saturated heterocycles. The highest BCUT2D eigenvalue weighted by Gasteiger charge is 2.27. The monoisotopic (exact) mass is 333 g/mol. The highest BCUT2D eigenvalue weighted by Crippen LogP contribution is 2.26. The third-order valence-electron chi connectivity index (χ3n) is 4.28. The second-order valence-corrected chi connectivity index (χ2v) is 7.38. The van der Waals surface area contributed by atoms with Crippen molar-refractivity contribution in [3.63, 3.8) is 0 Å². The topological polar surface area (TPSA) is 63.9 Å². The number of thiazole rings is 1. The van der Waals surface area contributed by atoms with E-state index in [-0.39, 0.29) is 11.8 Å². The Morgan fingerprint density at radius 1 is 1.48 bits per heavy atom. The van der Waals surface area contributed by atoms with Crippen LogP contribution in [-0.2, 0) is 18.3 Å². The van der Waals surface area contributed by atoms with Crippen LogP contribution in [0.2, 0.25) is 0 Å². The van der Waals surface area contributed by atoms with Gasteiger partial charge in [-0.2, -0.15) is 0 Å². The first-order valence-electron chi connectivity index (χ1n) is 8.10. The number of hydrogen-bond donors (Lipinski definition) is 0. The fourth-order valence-electron chi connectivity index (χ4n) is 3.01. The van der Waals surface area contributed by atoms with Gasteiger partial charge in [-0.25, -0.2) is 4.98 Å². The maximum Gasteiger partial charge on any atom is 0.228 e. The first-order valence-corrected chi connectivity index (χ1v) is 8.98. The summed E-state index contributed by atoms with van der Waals surface area (Å²) < 4.78 is 1.95. The molecule has 7 heteroatoms. The first kappa shape index (κ1) is 16.1. The molecule has 2 aromatic rings. The molecule has 1 aliphatic rings. The number of aromatic nitrogens is 4. The molecule has 0 radical (unpaired) electrons. The standard InChI is InChI=1S/C16H23N5OS/c1-11(2)16-18-13(9-23-16)7-14(22)21-6-4-5-12(8-21)15-19-17-10-20(15)3/h9-12H,4-8H2,1-3H3. The minimum Gasteiger partial charge on any atom is -0.342 e. The molecule has 1 atom stereocenters. The van der Waals surface area contributed by atoms with E-state index in [9.17, 15) is 4.79 Å². The third kappa shape index (κ3) is 3.60. The van der Waals surface area contributed by atoms with E-state index in [0.29, 0.717) is 12.3 Å². The number of piperidine rings is 1. The quantitative estimate of drug-likeness (QED) is 0.861. The van der Waals surface area contributed by atoms with Gasteiger partial charge in [0.05, 0.1) is 17.1 Å². The lowest BCUT2D eigenvalue weighted by molar-refractivity contribution is -0.131. The lowest BCUT2D eigenvalue weighted by atomic mass is 9.97. The van der Waals surface area contributed by atoms with E-state index < -0.39 is 0 Å². The van der Waals surface area contributed by atoms with Crippen LogP contribution in [0.5, 0.6) is 0 Å². The maximum absolute atomic E-state index is 12.6. The van der Waals surface area contributed by atoms with E-state index in [1.54, 1.807) is 17.7 Å². The lowest BCUT2D eigenvalue weighted by Gasteiger charge is -2.32. The van der Waals surface area contributed by atoms with Gasteiger partial charge in [-0.15, -0.1) is 21.5 Å². The molecule has 1 unspecified atom stereocenters. The SMILES string of the molecule is CC(C)c1nc(CC(=O)N2CCCC(c3nncn3C)C2)cs1. The molecule has 3 rings (SSSR count). The summed E-state index contributed by atoms with van der Waals surface area (Å²) in [5.74, 6) is 1.83. The lowest BCUT2D eigenvalue weighted by Crippen LogP contribution is -2.40. The molecule has 1 amide bonds. The van der Waals surface area contributed by atoms with Gasteiger partial charge in [0.2, 0.25) is 5.91 Å². The van der Waals surface area contributed by atoms with Crippen molar-refractivity contribution in [1.29, 1.82) is 0 Å². The number of rotatable bonds is 4. The molecule has 2 aromatic heterocycles. The largest absolute Gasteiger partial charge is 0.342 e. The van der Waals surface area contributed by atoms with Crippen molar-refractivity contribution < 1.29 is 4.79 Å². The van der Waals surface area contributed by atoms with Crippen molar-refractivity contribution >= 4 is 17.2 Å². The molecule has 1 aliphatic heterocycles. The van der Waals surface area contributed by atoms with Gasteiger partial charge in [-0.05, 0) is 12.8 Å². The van der Waals surface area contributed by atoms with Gasteiger partial charge in [0.25, 0.3) is 0 Å². The van der Waals surface area contributed by atoms with E-state index in [2.05, 4.69) is 29.0 Å². The van der Waals surface area contributed by atoms with Gasteiger partial charge in [-0.3, -0.25) is 4.79 Å². The van der Waals surface area contributed by atoms with Crippen LogP contribution in [0.3, 0.4) is 0 Å². The molecular formula is C16H23N5OS. The summed E-state index contributed by atoms with van der Waals surface area (Å²) in [6.07, 6.45) is 4.19. The van der Waals surface area contributed by atoms with Gasteiger partial charge in [0.1, 0.15) is 12.2 Å². The van der Waals surface area contributed by atoms with Crippen molar-refractivity contribution in [1.82, 2.24) is 24.6 Å². The van der Waals surface area contributed by atoms with Crippen LogP contribution in [-0.4, -0.2) is 43.6 Å². The van der Waals surface area contributed by atoms with E-state index >= 15 is 0 Å². The van der Waals surface area contributed by atoms with E-state index in [0.717, 1.165) is 42.5 Å². The second-order valence-electron chi connectivity index (χ2n) is 6.49. The van der Waals surface area contributed by atoms with Crippen LogP contribution in [0.1, 0.15) is 55.1 Å². The third-order valence-corrected chi connectivity index (χ3v) is 5.48. The highest BCUT2D eigenvalue weighted by atomic mass is 32.1. The molecule has 0 aliphatic carbocycles. The van der Waals surface area contributed by atoms with Crippen molar-refractivity contribution in [3.05, 3.63) is 28.2 Å². The number of nitrogens with zero attached hydrogens (tertiary/aromatic N) is 5. The first-order chi connectivity index (χ1) is 11.0. The Morgan fingerprint density at radius 3 is 2.96 bits per heavy atom. The molecule has 3 heterocycles. The Kier molecular flexibility index (Phi) is 4.75. The van der Waals surface area contributed by atoms with Gasteiger partial charge in [0.15, 0.2) is 0 Å². The van der Waals surface area contributed by atoms with Crippen molar-refractivity contribution in [2.24, 2.45) is 7.05 Å². The Balaban J connectivity index is 1.63. The number of hydrogen-bond acceptors (Lipinski definition) is 5. The van der Waals surface area contributed by atoms with Crippen LogP contribution in [0.4, 0.5) is 0 Å². The molecular weight excluding hydrogens is 310 g/mol. The van der Waals surface area contributed by atoms with Crippen LogP contribution < -0.4 is 0 Å². The average molecular weight is 333 g/mol.